The molecule has 0 saturated carbocycles. The largest absolute Gasteiger partial charge is 0.335 e. The number of hydrogen-bond acceptors (Lipinski definition) is 2. The molecule has 0 saturated heterocycles. The van der Waals surface area contributed by atoms with E-state index in [1.54, 1.807) is 0 Å². The first kappa shape index (κ1) is 17.7. The molecule has 0 aromatic rings. The van der Waals surface area contributed by atoms with Crippen molar-refractivity contribution in [3.63, 3.8) is 0 Å². The zero-order chi connectivity index (χ0) is 15.6. The molecule has 0 fully saturated rings. The number of carbonyl (C=O) groups is 1. The Hall–Kier alpha value is -1.31. The first-order valence-corrected chi connectivity index (χ1v) is 8.54. The molecule has 1 aliphatic rings. The lowest BCUT2D eigenvalue weighted by atomic mass is 9.85. The lowest BCUT2D eigenvalue weighted by molar-refractivity contribution is -0.117. The maximum absolute atomic E-state index is 12.0. The van der Waals surface area contributed by atoms with Crippen LogP contribution < -0.4 is 0 Å². The standard InChI is InChI=1S/C19H31NO/c1-4-7-12-18-13-10-11-16-20(18)19(17-21,14-8-5-2)15-9-6-3/h10-13,16-17H,4-9,14-15H2,1-3H3/b18-12+. The van der Waals surface area contributed by atoms with Gasteiger partial charge in [0.25, 0.3) is 0 Å². The van der Waals surface area contributed by atoms with Crippen LogP contribution in [0.5, 0.6) is 0 Å². The summed E-state index contributed by atoms with van der Waals surface area (Å²) in [7, 11) is 0. The summed E-state index contributed by atoms with van der Waals surface area (Å²) in [5, 5.41) is 0. The molecule has 0 N–H and O–H groups in total. The summed E-state index contributed by atoms with van der Waals surface area (Å²) < 4.78 is 0. The van der Waals surface area contributed by atoms with Gasteiger partial charge in [0.1, 0.15) is 6.29 Å². The zero-order valence-electron chi connectivity index (χ0n) is 14.0. The monoisotopic (exact) mass is 289 g/mol. The predicted octanol–water partition coefficient (Wildman–Crippen LogP) is 5.37. The SMILES string of the molecule is CCC/C=C1\C=CC=CN1C(C=O)(CCCC)CCCC. The van der Waals surface area contributed by atoms with Gasteiger partial charge in [-0.05, 0) is 31.4 Å². The Morgan fingerprint density at radius 3 is 2.24 bits per heavy atom. The molecule has 2 nitrogen and oxygen atoms in total. The van der Waals surface area contributed by atoms with Gasteiger partial charge in [-0.3, -0.25) is 0 Å². The molecule has 1 rings (SSSR count). The molecule has 0 aliphatic carbocycles. The first-order chi connectivity index (χ1) is 10.2. The summed E-state index contributed by atoms with van der Waals surface area (Å²) in [6.07, 6.45) is 20.3. The van der Waals surface area contributed by atoms with Crippen LogP contribution in [0, 0.1) is 0 Å². The Labute approximate surface area is 130 Å². The average molecular weight is 289 g/mol. The maximum atomic E-state index is 12.0. The Morgan fingerprint density at radius 2 is 1.71 bits per heavy atom. The van der Waals surface area contributed by atoms with Crippen LogP contribution in [-0.4, -0.2) is 16.7 Å². The van der Waals surface area contributed by atoms with Crippen LogP contribution in [-0.2, 0) is 4.79 Å². The molecule has 0 aromatic carbocycles. The molecule has 1 heterocycles. The Morgan fingerprint density at radius 1 is 1.05 bits per heavy atom. The zero-order valence-corrected chi connectivity index (χ0v) is 14.0. The molecule has 0 aromatic heterocycles. The van der Waals surface area contributed by atoms with E-state index >= 15 is 0 Å². The van der Waals surface area contributed by atoms with E-state index in [2.05, 4.69) is 50.1 Å². The highest BCUT2D eigenvalue weighted by Gasteiger charge is 2.35. The van der Waals surface area contributed by atoms with Crippen molar-refractivity contribution in [2.75, 3.05) is 0 Å². The lowest BCUT2D eigenvalue weighted by Gasteiger charge is -2.41. The van der Waals surface area contributed by atoms with Crippen LogP contribution in [0.25, 0.3) is 0 Å². The highest BCUT2D eigenvalue weighted by molar-refractivity contribution is 5.66. The Kier molecular flexibility index (Phi) is 8.11. The van der Waals surface area contributed by atoms with Gasteiger partial charge in [-0.25, -0.2) is 0 Å². The third-order valence-corrected chi connectivity index (χ3v) is 4.16. The smallest absolute Gasteiger partial charge is 0.145 e. The van der Waals surface area contributed by atoms with Gasteiger partial charge < -0.3 is 9.69 Å². The van der Waals surface area contributed by atoms with Gasteiger partial charge in [0, 0.05) is 11.9 Å². The molecule has 118 valence electrons. The fourth-order valence-electron chi connectivity index (χ4n) is 2.83. The van der Waals surface area contributed by atoms with Crippen LogP contribution in [0.1, 0.15) is 72.1 Å². The van der Waals surface area contributed by atoms with E-state index in [1.807, 2.05) is 6.08 Å². The summed E-state index contributed by atoms with van der Waals surface area (Å²) in [5.41, 5.74) is 0.811. The van der Waals surface area contributed by atoms with Gasteiger partial charge in [0.15, 0.2) is 0 Å². The number of carbonyl (C=O) groups excluding carboxylic acids is 1. The third-order valence-electron chi connectivity index (χ3n) is 4.16. The molecule has 0 atom stereocenters. The van der Waals surface area contributed by atoms with Crippen LogP contribution in [0.4, 0.5) is 0 Å². The predicted molar refractivity (Wildman–Crippen MR) is 91.0 cm³/mol. The molecule has 0 unspecified atom stereocenters. The van der Waals surface area contributed by atoms with Gasteiger partial charge >= 0.3 is 0 Å². The molecule has 0 amide bonds. The van der Waals surface area contributed by atoms with Crippen molar-refractivity contribution >= 4 is 6.29 Å². The van der Waals surface area contributed by atoms with E-state index in [-0.39, 0.29) is 5.54 Å². The molecular weight excluding hydrogens is 258 g/mol. The molecule has 0 bridgehead atoms. The summed E-state index contributed by atoms with van der Waals surface area (Å²) >= 11 is 0. The van der Waals surface area contributed by atoms with E-state index in [9.17, 15) is 4.79 Å². The molecule has 1 aliphatic heterocycles. The van der Waals surface area contributed by atoms with Gasteiger partial charge in [-0.1, -0.05) is 65.0 Å². The highest BCUT2D eigenvalue weighted by Crippen LogP contribution is 2.32. The van der Waals surface area contributed by atoms with Crippen molar-refractivity contribution in [2.45, 2.75) is 77.7 Å². The van der Waals surface area contributed by atoms with Gasteiger partial charge in [-0.2, -0.15) is 0 Å². The minimum atomic E-state index is -0.368. The van der Waals surface area contributed by atoms with Crippen LogP contribution in [0.3, 0.4) is 0 Å². The molecule has 0 radical (unpaired) electrons. The number of hydrogen-bond donors (Lipinski definition) is 0. The summed E-state index contributed by atoms with van der Waals surface area (Å²) in [6, 6.07) is 0. The van der Waals surface area contributed by atoms with E-state index in [0.717, 1.165) is 51.4 Å². The maximum Gasteiger partial charge on any atom is 0.145 e. The quantitative estimate of drug-likeness (QED) is 0.504. The number of allylic oxidation sites excluding steroid dienone is 4. The lowest BCUT2D eigenvalue weighted by Crippen LogP contribution is -2.47. The van der Waals surface area contributed by atoms with E-state index in [4.69, 9.17) is 0 Å². The topological polar surface area (TPSA) is 20.3 Å². The highest BCUT2D eigenvalue weighted by atomic mass is 16.1. The Bertz CT molecular complexity index is 384. The molecule has 21 heavy (non-hydrogen) atoms. The third kappa shape index (κ3) is 4.87. The fraction of sp³-hybridized carbons (Fsp3) is 0.632. The van der Waals surface area contributed by atoms with Crippen LogP contribution >= 0.6 is 0 Å². The van der Waals surface area contributed by atoms with Crippen molar-refractivity contribution in [2.24, 2.45) is 0 Å². The van der Waals surface area contributed by atoms with E-state index in [0.29, 0.717) is 0 Å². The molecule has 2 heteroatoms. The van der Waals surface area contributed by atoms with Gasteiger partial charge in [-0.15, -0.1) is 0 Å². The number of aldehydes is 1. The van der Waals surface area contributed by atoms with Gasteiger partial charge in [0.2, 0.25) is 0 Å². The van der Waals surface area contributed by atoms with Crippen molar-refractivity contribution in [1.29, 1.82) is 0 Å². The summed E-state index contributed by atoms with van der Waals surface area (Å²) in [4.78, 5) is 14.3. The summed E-state index contributed by atoms with van der Waals surface area (Å²) in [6.45, 7) is 6.56. The fourth-order valence-corrected chi connectivity index (χ4v) is 2.83. The normalized spacial score (nSPS) is 16.7. The van der Waals surface area contributed by atoms with E-state index < -0.39 is 0 Å². The number of unbranched alkanes of at least 4 members (excludes halogenated alkanes) is 3. The second-order valence-electron chi connectivity index (χ2n) is 5.92. The minimum Gasteiger partial charge on any atom is -0.335 e. The molecule has 0 spiro atoms. The van der Waals surface area contributed by atoms with Crippen LogP contribution in [0.15, 0.2) is 36.2 Å². The first-order valence-electron chi connectivity index (χ1n) is 8.54. The van der Waals surface area contributed by atoms with Gasteiger partial charge in [0.05, 0.1) is 5.54 Å². The minimum absolute atomic E-state index is 0.368. The molecular formula is C19H31NO. The van der Waals surface area contributed by atoms with Crippen molar-refractivity contribution in [3.05, 3.63) is 36.2 Å². The number of nitrogens with zero attached hydrogens (tertiary/aromatic N) is 1. The van der Waals surface area contributed by atoms with E-state index in [1.165, 1.54) is 12.0 Å². The number of rotatable bonds is 10. The van der Waals surface area contributed by atoms with Crippen LogP contribution in [0.2, 0.25) is 0 Å². The Balaban J connectivity index is 3.05. The second-order valence-corrected chi connectivity index (χ2v) is 5.92. The average Bonchev–Trinajstić information content (AvgIpc) is 2.54. The summed E-state index contributed by atoms with van der Waals surface area (Å²) in [5.74, 6) is 0. The van der Waals surface area contributed by atoms with Crippen molar-refractivity contribution < 1.29 is 4.79 Å². The van der Waals surface area contributed by atoms with Crippen molar-refractivity contribution in [3.8, 4) is 0 Å². The van der Waals surface area contributed by atoms with Crippen molar-refractivity contribution in [1.82, 2.24) is 4.90 Å². The second kappa shape index (κ2) is 9.59.